The van der Waals surface area contributed by atoms with Crippen LogP contribution in [0, 0.1) is 11.3 Å². The maximum Gasteiger partial charge on any atom is 0.178 e. The highest BCUT2D eigenvalue weighted by atomic mass is 32.2. The quantitative estimate of drug-likeness (QED) is 0.856. The molecule has 0 fully saturated rings. The number of rotatable bonds is 2. The van der Waals surface area contributed by atoms with Crippen LogP contribution in [-0.2, 0) is 16.3 Å². The van der Waals surface area contributed by atoms with Crippen molar-refractivity contribution in [2.45, 2.75) is 23.8 Å². The maximum atomic E-state index is 11.8. The van der Waals surface area contributed by atoms with E-state index < -0.39 is 9.84 Å². The van der Waals surface area contributed by atoms with Crippen molar-refractivity contribution in [1.82, 2.24) is 5.32 Å². The van der Waals surface area contributed by atoms with Crippen molar-refractivity contribution in [3.8, 4) is 6.07 Å². The maximum absolute atomic E-state index is 11.8. The number of nitrogens with one attached hydrogen (secondary N) is 1. The monoisotopic (exact) mass is 250 g/mol. The van der Waals surface area contributed by atoms with Gasteiger partial charge in [-0.05, 0) is 37.1 Å². The lowest BCUT2D eigenvalue weighted by Crippen LogP contribution is -2.18. The Labute approximate surface area is 101 Å². The van der Waals surface area contributed by atoms with Gasteiger partial charge in [-0.1, -0.05) is 12.1 Å². The molecule has 0 saturated carbocycles. The Hall–Kier alpha value is -1.38. The van der Waals surface area contributed by atoms with Crippen LogP contribution >= 0.6 is 0 Å². The molecule has 0 spiro atoms. The molecule has 1 atom stereocenters. The van der Waals surface area contributed by atoms with Crippen LogP contribution in [0.2, 0.25) is 0 Å². The van der Waals surface area contributed by atoms with Gasteiger partial charge in [-0.25, -0.2) is 8.42 Å². The molecule has 5 heteroatoms. The Balaban J connectivity index is 2.49. The fraction of sp³-hybridized carbons (Fsp3) is 0.417. The van der Waals surface area contributed by atoms with E-state index in [1.165, 1.54) is 0 Å². The van der Waals surface area contributed by atoms with Gasteiger partial charge in [-0.15, -0.1) is 0 Å². The van der Waals surface area contributed by atoms with E-state index in [2.05, 4.69) is 11.4 Å². The third kappa shape index (κ3) is 2.19. The summed E-state index contributed by atoms with van der Waals surface area (Å²) in [6.45, 7) is 0. The van der Waals surface area contributed by atoms with Crippen LogP contribution in [0.4, 0.5) is 0 Å². The molecule has 4 nitrogen and oxygen atoms in total. The summed E-state index contributed by atoms with van der Waals surface area (Å²) in [6.07, 6.45) is 1.43. The van der Waals surface area contributed by atoms with Crippen LogP contribution < -0.4 is 5.32 Å². The molecule has 1 aliphatic rings. The summed E-state index contributed by atoms with van der Waals surface area (Å²) in [6, 6.07) is 6.92. The van der Waals surface area contributed by atoms with Crippen molar-refractivity contribution < 1.29 is 8.42 Å². The van der Waals surface area contributed by atoms with Crippen LogP contribution in [-0.4, -0.2) is 21.2 Å². The number of fused-ring (bicyclic) bond motifs is 1. The van der Waals surface area contributed by atoms with Gasteiger partial charge in [0.15, 0.2) is 9.84 Å². The Morgan fingerprint density at radius 3 is 2.88 bits per heavy atom. The lowest BCUT2D eigenvalue weighted by atomic mass is 10.0. The summed E-state index contributed by atoms with van der Waals surface area (Å²) in [7, 11) is -1.39. The van der Waals surface area contributed by atoms with E-state index in [0.717, 1.165) is 17.5 Å². The normalized spacial score (nSPS) is 19.1. The van der Waals surface area contributed by atoms with E-state index >= 15 is 0 Å². The number of hydrogen-bond acceptors (Lipinski definition) is 4. The minimum atomic E-state index is -3.10. The van der Waals surface area contributed by atoms with Crippen LogP contribution in [0.3, 0.4) is 0 Å². The van der Waals surface area contributed by atoms with Crippen LogP contribution in [0.15, 0.2) is 23.1 Å². The zero-order chi connectivity index (χ0) is 12.5. The summed E-state index contributed by atoms with van der Waals surface area (Å²) >= 11 is 0. The molecule has 0 amide bonds. The summed E-state index contributed by atoms with van der Waals surface area (Å²) in [5, 5.41) is 11.8. The molecule has 0 radical (unpaired) electrons. The van der Waals surface area contributed by atoms with Gasteiger partial charge >= 0.3 is 0 Å². The minimum Gasteiger partial charge on any atom is -0.301 e. The summed E-state index contributed by atoms with van der Waals surface area (Å²) < 4.78 is 23.6. The van der Waals surface area contributed by atoms with Crippen molar-refractivity contribution in [2.24, 2.45) is 0 Å². The fourth-order valence-corrected chi connectivity index (χ4v) is 3.73. The van der Waals surface area contributed by atoms with Crippen molar-refractivity contribution in [3.05, 3.63) is 29.3 Å². The number of hydrogen-bond donors (Lipinski definition) is 1. The molecular formula is C12H14N2O2S. The first-order chi connectivity index (χ1) is 8.08. The molecule has 1 aromatic carbocycles. The second kappa shape index (κ2) is 4.47. The molecule has 90 valence electrons. The second-order valence-electron chi connectivity index (χ2n) is 4.14. The Kier molecular flexibility index (Phi) is 3.18. The van der Waals surface area contributed by atoms with Crippen LogP contribution in [0.25, 0.3) is 0 Å². The first-order valence-electron chi connectivity index (χ1n) is 5.51. The second-order valence-corrected chi connectivity index (χ2v) is 6.22. The van der Waals surface area contributed by atoms with E-state index in [4.69, 9.17) is 5.26 Å². The molecule has 0 aliphatic carbocycles. The van der Waals surface area contributed by atoms with E-state index in [0.29, 0.717) is 11.3 Å². The molecule has 1 unspecified atom stereocenters. The number of benzene rings is 1. The Morgan fingerprint density at radius 1 is 1.47 bits per heavy atom. The zero-order valence-electron chi connectivity index (χ0n) is 9.60. The molecule has 1 heterocycles. The first kappa shape index (κ1) is 12.1. The zero-order valence-corrected chi connectivity index (χ0v) is 10.4. The van der Waals surface area contributed by atoms with Crippen molar-refractivity contribution in [2.75, 3.05) is 12.8 Å². The molecule has 1 aliphatic heterocycles. The van der Waals surface area contributed by atoms with E-state index in [1.807, 2.05) is 6.07 Å². The molecule has 1 aromatic rings. The Morgan fingerprint density at radius 2 is 2.24 bits per heavy atom. The number of nitriles is 1. The molecule has 0 aromatic heterocycles. The smallest absolute Gasteiger partial charge is 0.178 e. The van der Waals surface area contributed by atoms with Gasteiger partial charge in [-0.3, -0.25) is 0 Å². The van der Waals surface area contributed by atoms with Gasteiger partial charge in [0.1, 0.15) is 6.04 Å². The average Bonchev–Trinajstić information content (AvgIpc) is 2.30. The van der Waals surface area contributed by atoms with Crippen molar-refractivity contribution in [1.29, 1.82) is 5.26 Å². The van der Waals surface area contributed by atoms with E-state index in [1.54, 1.807) is 19.2 Å². The number of nitrogens with zero attached hydrogens (tertiary/aromatic N) is 1. The van der Waals surface area contributed by atoms with E-state index in [-0.39, 0.29) is 11.8 Å². The fourth-order valence-electron chi connectivity index (χ4n) is 2.15. The SMILES string of the molecule is CNC(C#N)c1ccc2c(c1)CCCS2(=O)=O. The van der Waals surface area contributed by atoms with E-state index in [9.17, 15) is 8.42 Å². The third-order valence-electron chi connectivity index (χ3n) is 3.03. The Bertz CT molecular complexity index is 573. The minimum absolute atomic E-state index is 0.229. The molecule has 0 bridgehead atoms. The molecule has 2 rings (SSSR count). The predicted octanol–water partition coefficient (Wildman–Crippen LogP) is 1.19. The lowest BCUT2D eigenvalue weighted by Gasteiger charge is -2.18. The predicted molar refractivity (Wildman–Crippen MR) is 64.2 cm³/mol. The van der Waals surface area contributed by atoms with Gasteiger partial charge in [0.25, 0.3) is 0 Å². The van der Waals surface area contributed by atoms with Crippen LogP contribution in [0.5, 0.6) is 0 Å². The van der Waals surface area contributed by atoms with Gasteiger partial charge in [0.2, 0.25) is 0 Å². The molecule has 1 N–H and O–H groups in total. The number of sulfone groups is 1. The van der Waals surface area contributed by atoms with Crippen molar-refractivity contribution >= 4 is 9.84 Å². The average molecular weight is 250 g/mol. The topological polar surface area (TPSA) is 70.0 Å². The molecular weight excluding hydrogens is 236 g/mol. The number of aryl methyl sites for hydroxylation is 1. The first-order valence-corrected chi connectivity index (χ1v) is 7.16. The largest absolute Gasteiger partial charge is 0.301 e. The summed E-state index contributed by atoms with van der Waals surface area (Å²) in [4.78, 5) is 0.431. The third-order valence-corrected chi connectivity index (χ3v) is 4.92. The highest BCUT2D eigenvalue weighted by Gasteiger charge is 2.24. The molecule has 0 saturated heterocycles. The highest BCUT2D eigenvalue weighted by Crippen LogP contribution is 2.27. The lowest BCUT2D eigenvalue weighted by molar-refractivity contribution is 0.586. The van der Waals surface area contributed by atoms with Gasteiger partial charge < -0.3 is 5.32 Å². The van der Waals surface area contributed by atoms with Gasteiger partial charge in [0.05, 0.1) is 16.7 Å². The van der Waals surface area contributed by atoms with Crippen molar-refractivity contribution in [3.63, 3.8) is 0 Å². The standard InChI is InChI=1S/C12H14N2O2S/c1-14-11(8-13)9-4-5-12-10(7-9)3-2-6-17(12,15)16/h4-5,7,11,14H,2-3,6H2,1H3. The van der Waals surface area contributed by atoms with Crippen LogP contribution in [0.1, 0.15) is 23.6 Å². The van der Waals surface area contributed by atoms with Gasteiger partial charge in [-0.2, -0.15) is 5.26 Å². The van der Waals surface area contributed by atoms with Gasteiger partial charge in [0, 0.05) is 0 Å². The summed E-state index contributed by atoms with van der Waals surface area (Å²) in [5.74, 6) is 0.229. The molecule has 17 heavy (non-hydrogen) atoms. The summed E-state index contributed by atoms with van der Waals surface area (Å²) in [5.41, 5.74) is 1.66. The highest BCUT2D eigenvalue weighted by molar-refractivity contribution is 7.91.